The maximum Gasteiger partial charge on any atom is 0.327 e. The minimum absolute atomic E-state index is 0.195. The highest BCUT2D eigenvalue weighted by atomic mass is 79.9. The maximum atomic E-state index is 12.3. The fraction of sp³-hybridized carbons (Fsp3) is 0.278. The zero-order valence-electron chi connectivity index (χ0n) is 12.5. The number of hydrogen-bond acceptors (Lipinski definition) is 3. The number of benzene rings is 2. The summed E-state index contributed by atoms with van der Waals surface area (Å²) >= 11 is 3.50. The van der Waals surface area contributed by atoms with Gasteiger partial charge in [0.15, 0.2) is 0 Å². The van der Waals surface area contributed by atoms with E-state index >= 15 is 0 Å². The minimum atomic E-state index is -0.331. The highest BCUT2D eigenvalue weighted by Gasteiger charge is 2.33. The summed E-state index contributed by atoms with van der Waals surface area (Å²) in [5, 5.41) is 0. The fourth-order valence-corrected chi connectivity index (χ4v) is 3.43. The van der Waals surface area contributed by atoms with Crippen LogP contribution in [0.3, 0.4) is 0 Å². The highest BCUT2D eigenvalue weighted by molar-refractivity contribution is 9.10. The van der Waals surface area contributed by atoms with E-state index in [-0.39, 0.29) is 12.0 Å². The number of fused-ring (bicyclic) bond motifs is 1. The van der Waals surface area contributed by atoms with Gasteiger partial charge in [-0.05, 0) is 35.2 Å². The second-order valence-electron chi connectivity index (χ2n) is 5.47. The maximum absolute atomic E-state index is 12.3. The van der Waals surface area contributed by atoms with Crippen molar-refractivity contribution >= 4 is 21.9 Å². The molecule has 0 amide bonds. The first kappa shape index (κ1) is 15.3. The predicted octanol–water partition coefficient (Wildman–Crippen LogP) is 3.72. The molecule has 0 aromatic heterocycles. The van der Waals surface area contributed by atoms with Gasteiger partial charge in [-0.25, -0.2) is 4.79 Å². The van der Waals surface area contributed by atoms with Crippen LogP contribution in [0.25, 0.3) is 0 Å². The van der Waals surface area contributed by atoms with Crippen LogP contribution >= 0.6 is 15.9 Å². The smallest absolute Gasteiger partial charge is 0.327 e. The fourth-order valence-electron chi connectivity index (χ4n) is 3.02. The highest BCUT2D eigenvalue weighted by Crippen LogP contribution is 2.33. The second kappa shape index (κ2) is 6.63. The third-order valence-electron chi connectivity index (χ3n) is 4.09. The van der Waals surface area contributed by atoms with Gasteiger partial charge in [-0.3, -0.25) is 4.90 Å². The zero-order valence-corrected chi connectivity index (χ0v) is 14.0. The Hall–Kier alpha value is -1.65. The molecule has 1 aliphatic rings. The van der Waals surface area contributed by atoms with E-state index in [0.717, 1.165) is 29.5 Å². The summed E-state index contributed by atoms with van der Waals surface area (Å²) in [5.74, 6) is -0.195. The van der Waals surface area contributed by atoms with Gasteiger partial charge in [0, 0.05) is 17.6 Å². The van der Waals surface area contributed by atoms with Crippen molar-refractivity contribution in [3.05, 3.63) is 69.7 Å². The molecule has 22 heavy (non-hydrogen) atoms. The van der Waals surface area contributed by atoms with Crippen LogP contribution in [0.4, 0.5) is 0 Å². The largest absolute Gasteiger partial charge is 0.468 e. The molecule has 0 radical (unpaired) electrons. The van der Waals surface area contributed by atoms with E-state index in [4.69, 9.17) is 4.74 Å². The molecular formula is C18H18BrNO2. The molecule has 0 N–H and O–H groups in total. The van der Waals surface area contributed by atoms with Gasteiger partial charge >= 0.3 is 5.97 Å². The van der Waals surface area contributed by atoms with Crippen LogP contribution in [-0.2, 0) is 22.5 Å². The first-order valence-electron chi connectivity index (χ1n) is 7.33. The Kier molecular flexibility index (Phi) is 4.60. The molecule has 1 heterocycles. The molecule has 0 fully saturated rings. The molecule has 3 nitrogen and oxygen atoms in total. The zero-order chi connectivity index (χ0) is 15.5. The Morgan fingerprint density at radius 1 is 1.27 bits per heavy atom. The van der Waals surface area contributed by atoms with Crippen molar-refractivity contribution in [1.82, 2.24) is 4.90 Å². The molecule has 0 saturated carbocycles. The van der Waals surface area contributed by atoms with Crippen LogP contribution in [0.1, 0.15) is 22.7 Å². The van der Waals surface area contributed by atoms with E-state index in [1.54, 1.807) is 0 Å². The van der Waals surface area contributed by atoms with Crippen molar-refractivity contribution in [1.29, 1.82) is 0 Å². The number of carbonyl (C=O) groups excluding carboxylic acids is 1. The average Bonchev–Trinajstić information content (AvgIpc) is 2.55. The van der Waals surface area contributed by atoms with Crippen LogP contribution < -0.4 is 0 Å². The lowest BCUT2D eigenvalue weighted by atomic mass is 9.92. The summed E-state index contributed by atoms with van der Waals surface area (Å²) in [4.78, 5) is 14.5. The molecule has 3 rings (SSSR count). The third-order valence-corrected chi connectivity index (χ3v) is 4.58. The van der Waals surface area contributed by atoms with Gasteiger partial charge in [-0.15, -0.1) is 0 Å². The third kappa shape index (κ3) is 3.08. The SMILES string of the molecule is COC(=O)C1c2ccc(Br)cc2CCN1Cc1ccccc1. The van der Waals surface area contributed by atoms with Crippen LogP contribution in [0.2, 0.25) is 0 Å². The number of hydrogen-bond donors (Lipinski definition) is 0. The van der Waals surface area contributed by atoms with Gasteiger partial charge in [0.25, 0.3) is 0 Å². The molecule has 1 atom stereocenters. The Morgan fingerprint density at radius 2 is 2.05 bits per heavy atom. The average molecular weight is 360 g/mol. The van der Waals surface area contributed by atoms with Crippen molar-refractivity contribution in [2.45, 2.75) is 19.0 Å². The van der Waals surface area contributed by atoms with Crippen molar-refractivity contribution in [3.8, 4) is 0 Å². The molecule has 2 aromatic carbocycles. The molecule has 1 aliphatic heterocycles. The van der Waals surface area contributed by atoms with Gasteiger partial charge in [0.1, 0.15) is 6.04 Å². The summed E-state index contributed by atoms with van der Waals surface area (Å²) in [6.45, 7) is 1.59. The van der Waals surface area contributed by atoms with E-state index in [0.29, 0.717) is 0 Å². The number of nitrogens with zero attached hydrogens (tertiary/aromatic N) is 1. The number of esters is 1. The topological polar surface area (TPSA) is 29.5 Å². The van der Waals surface area contributed by atoms with Gasteiger partial charge in [-0.1, -0.05) is 52.3 Å². The van der Waals surface area contributed by atoms with Gasteiger partial charge in [0.2, 0.25) is 0 Å². The van der Waals surface area contributed by atoms with Gasteiger partial charge in [-0.2, -0.15) is 0 Å². The molecule has 1 unspecified atom stereocenters. The standard InChI is InChI=1S/C18H18BrNO2/c1-22-18(21)17-16-8-7-15(19)11-14(16)9-10-20(17)12-13-5-3-2-4-6-13/h2-8,11,17H,9-10,12H2,1H3. The minimum Gasteiger partial charge on any atom is -0.468 e. The molecule has 0 saturated heterocycles. The van der Waals surface area contributed by atoms with Crippen molar-refractivity contribution in [2.75, 3.05) is 13.7 Å². The van der Waals surface area contributed by atoms with Crippen LogP contribution in [-0.4, -0.2) is 24.5 Å². The van der Waals surface area contributed by atoms with E-state index in [1.165, 1.54) is 18.2 Å². The number of halogens is 1. The Bertz CT molecular complexity index is 672. The number of methoxy groups -OCH3 is 1. The Labute approximate surface area is 139 Å². The lowest BCUT2D eigenvalue weighted by Gasteiger charge is -2.35. The first-order valence-corrected chi connectivity index (χ1v) is 8.12. The van der Waals surface area contributed by atoms with Crippen LogP contribution in [0, 0.1) is 0 Å². The van der Waals surface area contributed by atoms with Crippen molar-refractivity contribution < 1.29 is 9.53 Å². The van der Waals surface area contributed by atoms with Gasteiger partial charge in [0.05, 0.1) is 7.11 Å². The number of carbonyl (C=O) groups is 1. The molecule has 4 heteroatoms. The second-order valence-corrected chi connectivity index (χ2v) is 6.39. The van der Waals surface area contributed by atoms with Crippen molar-refractivity contribution in [2.24, 2.45) is 0 Å². The Balaban J connectivity index is 1.93. The predicted molar refractivity (Wildman–Crippen MR) is 89.5 cm³/mol. The first-order chi connectivity index (χ1) is 10.7. The van der Waals surface area contributed by atoms with Gasteiger partial charge < -0.3 is 4.74 Å². The summed E-state index contributed by atoms with van der Waals surface area (Å²) in [7, 11) is 1.45. The van der Waals surface area contributed by atoms with E-state index in [1.807, 2.05) is 30.3 Å². The Morgan fingerprint density at radius 3 is 2.77 bits per heavy atom. The summed E-state index contributed by atoms with van der Waals surface area (Å²) < 4.78 is 6.10. The molecule has 2 aromatic rings. The molecule has 0 bridgehead atoms. The molecule has 0 aliphatic carbocycles. The summed E-state index contributed by atoms with van der Waals surface area (Å²) in [5.41, 5.74) is 3.48. The normalized spacial score (nSPS) is 17.8. The quantitative estimate of drug-likeness (QED) is 0.782. The molecule has 114 valence electrons. The van der Waals surface area contributed by atoms with E-state index in [9.17, 15) is 4.79 Å². The van der Waals surface area contributed by atoms with E-state index in [2.05, 4.69) is 39.0 Å². The summed E-state index contributed by atoms with van der Waals surface area (Å²) in [6.07, 6.45) is 0.940. The van der Waals surface area contributed by atoms with Crippen LogP contribution in [0.15, 0.2) is 53.0 Å². The number of rotatable bonds is 3. The lowest BCUT2D eigenvalue weighted by molar-refractivity contribution is -0.148. The number of ether oxygens (including phenoxy) is 1. The summed E-state index contributed by atoms with van der Waals surface area (Å²) in [6, 6.07) is 16.0. The lowest BCUT2D eigenvalue weighted by Crippen LogP contribution is -2.39. The van der Waals surface area contributed by atoms with Crippen LogP contribution in [0.5, 0.6) is 0 Å². The van der Waals surface area contributed by atoms with Crippen molar-refractivity contribution in [3.63, 3.8) is 0 Å². The molecular weight excluding hydrogens is 342 g/mol. The monoisotopic (exact) mass is 359 g/mol. The van der Waals surface area contributed by atoms with E-state index < -0.39 is 0 Å². The molecule has 0 spiro atoms.